The van der Waals surface area contributed by atoms with E-state index < -0.39 is 15.9 Å². The minimum Gasteiger partial charge on any atom is -0.489 e. The predicted molar refractivity (Wildman–Crippen MR) is 109 cm³/mol. The smallest absolute Gasteiger partial charge is 0.245 e. The van der Waals surface area contributed by atoms with Crippen LogP contribution in [0.5, 0.6) is 5.75 Å². The Balaban J connectivity index is 2.20. The number of carbonyl (C=O) groups excluding carboxylic acids is 1. The van der Waals surface area contributed by atoms with Gasteiger partial charge in [-0.1, -0.05) is 30.9 Å². The van der Waals surface area contributed by atoms with Crippen LogP contribution in [0.25, 0.3) is 0 Å². The fraction of sp³-hybridized carbons (Fsp3) is 0.250. The quantitative estimate of drug-likeness (QED) is 0.704. The maximum absolute atomic E-state index is 12.5. The summed E-state index contributed by atoms with van der Waals surface area (Å²) < 4.78 is 31.1. The lowest BCUT2D eigenvalue weighted by atomic mass is 10.1. The van der Waals surface area contributed by atoms with Crippen molar-refractivity contribution in [3.05, 3.63) is 66.2 Å². The van der Waals surface area contributed by atoms with Crippen LogP contribution in [0.3, 0.4) is 0 Å². The number of nitrogens with zero attached hydrogens (tertiary/aromatic N) is 1. The largest absolute Gasteiger partial charge is 0.489 e. The minimum atomic E-state index is -3.63. The van der Waals surface area contributed by atoms with Gasteiger partial charge < -0.3 is 10.1 Å². The van der Waals surface area contributed by atoms with Gasteiger partial charge in [-0.05, 0) is 43.2 Å². The average Bonchev–Trinajstić information content (AvgIpc) is 2.59. The van der Waals surface area contributed by atoms with Crippen molar-refractivity contribution < 1.29 is 17.9 Å². The highest BCUT2D eigenvalue weighted by atomic mass is 32.2. The first-order valence-corrected chi connectivity index (χ1v) is 10.2. The standard InChI is InChI=1S/C20H24N2O4S/c1-5-11-26-18-8-6-7-17(13-18)21-20(23)14-22(27(4,24)25)19-12-15(2)9-10-16(19)3/h5-10,12-13H,1,11,14H2,2-4H3,(H,21,23). The van der Waals surface area contributed by atoms with Gasteiger partial charge in [-0.3, -0.25) is 9.10 Å². The lowest BCUT2D eigenvalue weighted by Crippen LogP contribution is -2.37. The van der Waals surface area contributed by atoms with Crippen LogP contribution in [0.2, 0.25) is 0 Å². The summed E-state index contributed by atoms with van der Waals surface area (Å²) in [6.07, 6.45) is 2.71. The number of nitrogens with one attached hydrogen (secondary N) is 1. The number of benzene rings is 2. The highest BCUT2D eigenvalue weighted by Crippen LogP contribution is 2.24. The van der Waals surface area contributed by atoms with Gasteiger partial charge in [-0.2, -0.15) is 0 Å². The van der Waals surface area contributed by atoms with Crippen LogP contribution in [-0.2, 0) is 14.8 Å². The Kier molecular flexibility index (Phi) is 6.63. The van der Waals surface area contributed by atoms with Crippen molar-refractivity contribution in [3.8, 4) is 5.75 Å². The van der Waals surface area contributed by atoms with Crippen LogP contribution in [-0.4, -0.2) is 33.7 Å². The second-order valence-corrected chi connectivity index (χ2v) is 8.14. The van der Waals surface area contributed by atoms with Crippen molar-refractivity contribution in [3.63, 3.8) is 0 Å². The number of amides is 1. The number of hydrogen-bond acceptors (Lipinski definition) is 4. The number of rotatable bonds is 8. The van der Waals surface area contributed by atoms with Crippen LogP contribution < -0.4 is 14.4 Å². The van der Waals surface area contributed by atoms with E-state index in [1.807, 2.05) is 26.0 Å². The summed E-state index contributed by atoms with van der Waals surface area (Å²) in [4.78, 5) is 12.5. The molecule has 0 heterocycles. The van der Waals surface area contributed by atoms with Crippen LogP contribution >= 0.6 is 0 Å². The van der Waals surface area contributed by atoms with E-state index in [0.29, 0.717) is 23.7 Å². The van der Waals surface area contributed by atoms with Crippen LogP contribution in [0.4, 0.5) is 11.4 Å². The van der Waals surface area contributed by atoms with Gasteiger partial charge in [0.25, 0.3) is 0 Å². The molecule has 144 valence electrons. The van der Waals surface area contributed by atoms with E-state index in [4.69, 9.17) is 4.74 Å². The van der Waals surface area contributed by atoms with Gasteiger partial charge in [0, 0.05) is 11.8 Å². The third-order valence-electron chi connectivity index (χ3n) is 3.81. The normalized spacial score (nSPS) is 10.9. The molecule has 0 aliphatic heterocycles. The lowest BCUT2D eigenvalue weighted by molar-refractivity contribution is -0.114. The molecule has 2 aromatic rings. The molecule has 0 aliphatic carbocycles. The number of ether oxygens (including phenoxy) is 1. The van der Waals surface area contributed by atoms with Crippen molar-refractivity contribution in [1.82, 2.24) is 0 Å². The van der Waals surface area contributed by atoms with E-state index in [1.165, 1.54) is 0 Å². The first-order chi connectivity index (χ1) is 12.7. The molecule has 0 bridgehead atoms. The predicted octanol–water partition coefficient (Wildman–Crippen LogP) is 3.27. The first-order valence-electron chi connectivity index (χ1n) is 8.39. The Bertz CT molecular complexity index is 939. The van der Waals surface area contributed by atoms with Crippen LogP contribution in [0.15, 0.2) is 55.1 Å². The van der Waals surface area contributed by atoms with Crippen LogP contribution in [0, 0.1) is 13.8 Å². The molecule has 0 spiro atoms. The molecule has 1 amide bonds. The number of carbonyl (C=O) groups is 1. The Labute approximate surface area is 160 Å². The number of sulfonamides is 1. The van der Waals surface area contributed by atoms with Crippen molar-refractivity contribution >= 4 is 27.3 Å². The van der Waals surface area contributed by atoms with Gasteiger partial charge in [0.05, 0.1) is 11.9 Å². The van der Waals surface area contributed by atoms with Gasteiger partial charge in [-0.25, -0.2) is 8.42 Å². The van der Waals surface area contributed by atoms with E-state index in [9.17, 15) is 13.2 Å². The van der Waals surface area contributed by atoms with E-state index in [0.717, 1.165) is 21.7 Å². The summed E-state index contributed by atoms with van der Waals surface area (Å²) >= 11 is 0. The van der Waals surface area contributed by atoms with Crippen molar-refractivity contribution in [2.75, 3.05) is 29.0 Å². The highest BCUT2D eigenvalue weighted by Gasteiger charge is 2.22. The monoisotopic (exact) mass is 388 g/mol. The molecule has 0 saturated heterocycles. The lowest BCUT2D eigenvalue weighted by Gasteiger charge is -2.24. The molecule has 2 rings (SSSR count). The summed E-state index contributed by atoms with van der Waals surface area (Å²) in [6, 6.07) is 12.4. The topological polar surface area (TPSA) is 75.7 Å². The summed E-state index contributed by atoms with van der Waals surface area (Å²) in [5.41, 5.74) is 2.71. The van der Waals surface area contributed by atoms with E-state index >= 15 is 0 Å². The van der Waals surface area contributed by atoms with E-state index in [2.05, 4.69) is 11.9 Å². The summed E-state index contributed by atoms with van der Waals surface area (Å²) in [7, 11) is -3.63. The Morgan fingerprint density at radius 2 is 1.96 bits per heavy atom. The van der Waals surface area contributed by atoms with E-state index in [-0.39, 0.29) is 6.54 Å². The first kappa shape index (κ1) is 20.5. The summed E-state index contributed by atoms with van der Waals surface area (Å²) in [6.45, 7) is 7.31. The zero-order valence-electron chi connectivity index (χ0n) is 15.7. The number of anilines is 2. The molecule has 27 heavy (non-hydrogen) atoms. The molecule has 0 fully saturated rings. The maximum atomic E-state index is 12.5. The van der Waals surface area contributed by atoms with Crippen molar-refractivity contribution in [1.29, 1.82) is 0 Å². The molecule has 2 aromatic carbocycles. The Morgan fingerprint density at radius 3 is 2.63 bits per heavy atom. The fourth-order valence-electron chi connectivity index (χ4n) is 2.52. The third-order valence-corrected chi connectivity index (χ3v) is 4.93. The van der Waals surface area contributed by atoms with Gasteiger partial charge in [0.1, 0.15) is 18.9 Å². The maximum Gasteiger partial charge on any atom is 0.245 e. The fourth-order valence-corrected chi connectivity index (χ4v) is 3.42. The number of aryl methyl sites for hydroxylation is 2. The third kappa shape index (κ3) is 5.86. The SMILES string of the molecule is C=CCOc1cccc(NC(=O)CN(c2cc(C)ccc2C)S(C)(=O)=O)c1. The van der Waals surface area contributed by atoms with Crippen LogP contribution in [0.1, 0.15) is 11.1 Å². The zero-order chi connectivity index (χ0) is 20.0. The second kappa shape index (κ2) is 8.73. The van der Waals surface area contributed by atoms with E-state index in [1.54, 1.807) is 36.4 Å². The molecule has 0 saturated carbocycles. The Hall–Kier alpha value is -2.80. The molecule has 0 unspecified atom stereocenters. The molecule has 1 N–H and O–H groups in total. The Morgan fingerprint density at radius 1 is 1.22 bits per heavy atom. The zero-order valence-corrected chi connectivity index (χ0v) is 16.5. The van der Waals surface area contributed by atoms with Gasteiger partial charge in [0.2, 0.25) is 15.9 Å². The van der Waals surface area contributed by atoms with Gasteiger partial charge in [0.15, 0.2) is 0 Å². The van der Waals surface area contributed by atoms with Crippen molar-refractivity contribution in [2.45, 2.75) is 13.8 Å². The summed E-state index contributed by atoms with van der Waals surface area (Å²) in [5, 5.41) is 2.71. The number of hydrogen-bond donors (Lipinski definition) is 1. The average molecular weight is 388 g/mol. The van der Waals surface area contributed by atoms with Gasteiger partial charge in [-0.15, -0.1) is 0 Å². The molecule has 0 radical (unpaired) electrons. The summed E-state index contributed by atoms with van der Waals surface area (Å²) in [5.74, 6) is 0.143. The molecule has 0 atom stereocenters. The highest BCUT2D eigenvalue weighted by molar-refractivity contribution is 7.92. The molecular weight excluding hydrogens is 364 g/mol. The molecular formula is C20H24N2O4S. The molecule has 0 aliphatic rings. The molecule has 0 aromatic heterocycles. The minimum absolute atomic E-state index is 0.319. The molecule has 6 nitrogen and oxygen atoms in total. The van der Waals surface area contributed by atoms with Crippen molar-refractivity contribution in [2.24, 2.45) is 0 Å². The molecule has 7 heteroatoms. The second-order valence-electron chi connectivity index (χ2n) is 6.24. The van der Waals surface area contributed by atoms with Gasteiger partial charge >= 0.3 is 0 Å².